The Morgan fingerprint density at radius 2 is 1.00 bits per heavy atom. The zero-order valence-electron chi connectivity index (χ0n) is 9.48. The Bertz CT molecular complexity index is 77.7. The highest BCUT2D eigenvalue weighted by Gasteiger charge is 1.84. The number of quaternary nitrogens is 2. The fraction of sp³-hybridized carbons (Fsp3) is 1.00. The SMILES string of the molecule is C[NH+](C)CCO.C[NH+](C)CCO.[Br-].[Cl-]. The maximum absolute atomic E-state index is 8.22. The first kappa shape index (κ1) is 24.0. The smallest absolute Gasteiger partial charge is 0.100 e. The first-order valence-corrected chi connectivity index (χ1v) is 4.34. The van der Waals surface area contributed by atoms with E-state index in [1.807, 2.05) is 28.2 Å². The van der Waals surface area contributed by atoms with Crippen LogP contribution in [0.4, 0.5) is 0 Å². The van der Waals surface area contributed by atoms with Crippen molar-refractivity contribution in [2.75, 3.05) is 54.5 Å². The third-order valence-electron chi connectivity index (χ3n) is 1.22. The highest BCUT2D eigenvalue weighted by atomic mass is 79.9. The largest absolute Gasteiger partial charge is 1.00 e. The number of aliphatic hydroxyl groups excluding tert-OH is 2. The molecule has 4 N–H and O–H groups in total. The number of aliphatic hydroxyl groups is 2. The third-order valence-corrected chi connectivity index (χ3v) is 1.22. The fourth-order valence-electron chi connectivity index (χ4n) is 0.447. The van der Waals surface area contributed by atoms with Gasteiger partial charge in [-0.1, -0.05) is 0 Å². The van der Waals surface area contributed by atoms with Gasteiger partial charge in [0.15, 0.2) is 0 Å². The summed E-state index contributed by atoms with van der Waals surface area (Å²) in [6.07, 6.45) is 0. The predicted molar refractivity (Wildman–Crippen MR) is 49.5 cm³/mol. The van der Waals surface area contributed by atoms with Gasteiger partial charge in [0.1, 0.15) is 13.1 Å². The fourth-order valence-corrected chi connectivity index (χ4v) is 0.447. The van der Waals surface area contributed by atoms with Crippen molar-refractivity contribution in [3.8, 4) is 0 Å². The van der Waals surface area contributed by atoms with Gasteiger partial charge in [-0.15, -0.1) is 0 Å². The van der Waals surface area contributed by atoms with Crippen LogP contribution in [0.3, 0.4) is 0 Å². The average Bonchev–Trinajstić information content (AvgIpc) is 1.87. The van der Waals surface area contributed by atoms with Crippen molar-refractivity contribution >= 4 is 0 Å². The van der Waals surface area contributed by atoms with E-state index in [-0.39, 0.29) is 29.4 Å². The summed E-state index contributed by atoms with van der Waals surface area (Å²) in [6, 6.07) is 0. The Hall–Kier alpha value is 0.610. The molecule has 0 aromatic rings. The molecule has 0 spiro atoms. The van der Waals surface area contributed by atoms with Crippen LogP contribution in [0.5, 0.6) is 0 Å². The molecule has 6 heteroatoms. The molecule has 92 valence electrons. The van der Waals surface area contributed by atoms with Crippen LogP contribution >= 0.6 is 0 Å². The van der Waals surface area contributed by atoms with Crippen molar-refractivity contribution in [3.63, 3.8) is 0 Å². The van der Waals surface area contributed by atoms with Crippen molar-refractivity contribution in [1.82, 2.24) is 0 Å². The topological polar surface area (TPSA) is 49.3 Å². The van der Waals surface area contributed by atoms with E-state index in [9.17, 15) is 0 Å². The minimum absolute atomic E-state index is 0. The molecule has 0 rings (SSSR count). The maximum Gasteiger partial charge on any atom is 0.100 e. The minimum atomic E-state index is 0. The van der Waals surface area contributed by atoms with Gasteiger partial charge < -0.3 is 49.4 Å². The molecule has 0 heterocycles. The van der Waals surface area contributed by atoms with Crippen LogP contribution in [-0.2, 0) is 0 Å². The van der Waals surface area contributed by atoms with E-state index in [2.05, 4.69) is 0 Å². The summed E-state index contributed by atoms with van der Waals surface area (Å²) in [7, 11) is 8.04. The second-order valence-electron chi connectivity index (χ2n) is 3.36. The highest BCUT2D eigenvalue weighted by Crippen LogP contribution is 1.36. The van der Waals surface area contributed by atoms with Crippen molar-refractivity contribution in [2.45, 2.75) is 0 Å². The van der Waals surface area contributed by atoms with E-state index in [1.165, 1.54) is 9.80 Å². The summed E-state index contributed by atoms with van der Waals surface area (Å²) in [5.74, 6) is 0. The van der Waals surface area contributed by atoms with Crippen LogP contribution in [0.15, 0.2) is 0 Å². The summed E-state index contributed by atoms with van der Waals surface area (Å²) < 4.78 is 0. The van der Waals surface area contributed by atoms with E-state index in [0.717, 1.165) is 13.1 Å². The van der Waals surface area contributed by atoms with E-state index < -0.39 is 0 Å². The molecular weight excluding hydrogens is 271 g/mol. The number of halogens is 2. The van der Waals surface area contributed by atoms with Gasteiger partial charge in [0.25, 0.3) is 0 Å². The first-order chi connectivity index (χ1) is 5.54. The normalized spacial score (nSPS) is 8.57. The maximum atomic E-state index is 8.22. The quantitative estimate of drug-likeness (QED) is 0.416. The Morgan fingerprint density at radius 1 is 0.786 bits per heavy atom. The molecule has 0 saturated carbocycles. The van der Waals surface area contributed by atoms with Crippen LogP contribution < -0.4 is 39.2 Å². The molecule has 0 saturated heterocycles. The van der Waals surface area contributed by atoms with E-state index >= 15 is 0 Å². The Kier molecular flexibility index (Phi) is 33.0. The molecule has 0 radical (unpaired) electrons. The first-order valence-electron chi connectivity index (χ1n) is 4.34. The molecule has 0 aliphatic carbocycles. The van der Waals surface area contributed by atoms with Gasteiger partial charge in [-0.05, 0) is 0 Å². The molecule has 4 nitrogen and oxygen atoms in total. The van der Waals surface area contributed by atoms with Crippen molar-refractivity contribution < 1.29 is 49.4 Å². The Morgan fingerprint density at radius 3 is 1.00 bits per heavy atom. The van der Waals surface area contributed by atoms with Gasteiger partial charge in [-0.3, -0.25) is 0 Å². The lowest BCUT2D eigenvalue weighted by Gasteiger charge is -2.00. The minimum Gasteiger partial charge on any atom is -1.00 e. The van der Waals surface area contributed by atoms with E-state index in [4.69, 9.17) is 10.2 Å². The molecule has 0 bridgehead atoms. The Labute approximate surface area is 104 Å². The molecule has 0 fully saturated rings. The lowest BCUT2D eigenvalue weighted by Crippen LogP contribution is -3.06. The van der Waals surface area contributed by atoms with Crippen molar-refractivity contribution in [3.05, 3.63) is 0 Å². The number of likely N-dealkylation sites (N-methyl/N-ethyl adjacent to an activating group) is 2. The Balaban J connectivity index is -0.0000000625. The van der Waals surface area contributed by atoms with Crippen molar-refractivity contribution in [2.24, 2.45) is 0 Å². The monoisotopic (exact) mass is 294 g/mol. The van der Waals surface area contributed by atoms with Crippen LogP contribution in [0, 0.1) is 0 Å². The lowest BCUT2D eigenvalue weighted by molar-refractivity contribution is -0.858. The molecule has 0 amide bonds. The second-order valence-corrected chi connectivity index (χ2v) is 3.36. The van der Waals surface area contributed by atoms with Gasteiger partial charge in [-0.2, -0.15) is 0 Å². The summed E-state index contributed by atoms with van der Waals surface area (Å²) in [5.41, 5.74) is 0. The highest BCUT2D eigenvalue weighted by molar-refractivity contribution is 4.10. The predicted octanol–water partition coefficient (Wildman–Crippen LogP) is -9.75. The zero-order chi connectivity index (χ0) is 9.98. The van der Waals surface area contributed by atoms with Gasteiger partial charge in [-0.25, -0.2) is 0 Å². The van der Waals surface area contributed by atoms with Gasteiger partial charge in [0.05, 0.1) is 41.4 Å². The number of nitrogens with one attached hydrogen (secondary N) is 2. The van der Waals surface area contributed by atoms with Gasteiger partial charge >= 0.3 is 0 Å². The standard InChI is InChI=1S/2C4H11NO.BrH.ClH/c2*1-5(2)3-4-6;;/h2*6H,3-4H2,1-2H3;2*1H. The van der Waals surface area contributed by atoms with Crippen LogP contribution in [0.1, 0.15) is 0 Å². The molecule has 0 atom stereocenters. The zero-order valence-corrected chi connectivity index (χ0v) is 11.8. The van der Waals surface area contributed by atoms with Crippen LogP contribution in [0.2, 0.25) is 0 Å². The summed E-state index contributed by atoms with van der Waals surface area (Å²) in [6.45, 7) is 2.28. The molecule has 14 heavy (non-hydrogen) atoms. The second kappa shape index (κ2) is 19.2. The van der Waals surface area contributed by atoms with Gasteiger partial charge in [0, 0.05) is 0 Å². The summed E-state index contributed by atoms with van der Waals surface area (Å²) >= 11 is 0. The van der Waals surface area contributed by atoms with Crippen molar-refractivity contribution in [1.29, 1.82) is 0 Å². The average molecular weight is 296 g/mol. The number of rotatable bonds is 4. The number of hydrogen-bond acceptors (Lipinski definition) is 2. The van der Waals surface area contributed by atoms with Gasteiger partial charge in [0.2, 0.25) is 0 Å². The lowest BCUT2D eigenvalue weighted by atomic mass is 10.6. The van der Waals surface area contributed by atoms with Crippen LogP contribution in [0.25, 0.3) is 0 Å². The molecule has 0 aromatic heterocycles. The summed E-state index contributed by atoms with van der Waals surface area (Å²) in [4.78, 5) is 2.58. The molecule has 0 aliphatic heterocycles. The summed E-state index contributed by atoms with van der Waals surface area (Å²) in [5, 5.41) is 16.4. The third kappa shape index (κ3) is 38.9. The van der Waals surface area contributed by atoms with E-state index in [1.54, 1.807) is 0 Å². The molecule has 0 aromatic carbocycles. The van der Waals surface area contributed by atoms with E-state index in [0.29, 0.717) is 13.2 Å². The molecular formula is C8H24BrClN2O2. The molecule has 0 unspecified atom stereocenters. The number of hydrogen-bond donors (Lipinski definition) is 4. The molecule has 0 aliphatic rings. The van der Waals surface area contributed by atoms with Crippen LogP contribution in [-0.4, -0.2) is 64.7 Å².